The number of hydrogen-bond acceptors (Lipinski definition) is 3. The third-order valence-electron chi connectivity index (χ3n) is 6.71. The van der Waals surface area contributed by atoms with Crippen LogP contribution in [0, 0.1) is 5.92 Å². The molecule has 0 aliphatic carbocycles. The van der Waals surface area contributed by atoms with Crippen LogP contribution in [0.2, 0.25) is 0 Å². The Labute approximate surface area is 124 Å². The zero-order valence-corrected chi connectivity index (χ0v) is 13.1. The van der Waals surface area contributed by atoms with Gasteiger partial charge in [-0.25, -0.2) is 0 Å². The summed E-state index contributed by atoms with van der Waals surface area (Å²) in [6.45, 7) is 4.01. The van der Waals surface area contributed by atoms with E-state index < -0.39 is 0 Å². The van der Waals surface area contributed by atoms with Gasteiger partial charge >= 0.3 is 0 Å². The second-order valence-corrected chi connectivity index (χ2v) is 7.85. The number of fused-ring (bicyclic) bond motifs is 3. The van der Waals surface area contributed by atoms with Gasteiger partial charge in [-0.3, -0.25) is 0 Å². The number of nitrogens with zero attached hydrogens (tertiary/aromatic N) is 2. The maximum absolute atomic E-state index is 3.94. The number of nitrogens with one attached hydrogen (secondary N) is 1. The van der Waals surface area contributed by atoms with E-state index in [-0.39, 0.29) is 0 Å². The maximum atomic E-state index is 3.94. The Morgan fingerprint density at radius 2 is 1.70 bits per heavy atom. The second kappa shape index (κ2) is 5.58. The Kier molecular flexibility index (Phi) is 3.78. The summed E-state index contributed by atoms with van der Waals surface area (Å²) in [5.74, 6) is 0.949. The van der Waals surface area contributed by atoms with Gasteiger partial charge in [0.15, 0.2) is 0 Å². The number of piperidine rings is 2. The molecule has 4 atom stereocenters. The van der Waals surface area contributed by atoms with E-state index in [1.165, 1.54) is 71.0 Å². The molecule has 4 fully saturated rings. The summed E-state index contributed by atoms with van der Waals surface area (Å²) in [5, 5.41) is 3.94. The minimum absolute atomic E-state index is 0.812. The molecule has 3 heteroatoms. The first-order valence-corrected chi connectivity index (χ1v) is 8.99. The molecule has 4 rings (SSSR count). The van der Waals surface area contributed by atoms with Gasteiger partial charge in [0, 0.05) is 24.2 Å². The summed E-state index contributed by atoms with van der Waals surface area (Å²) in [4.78, 5) is 5.39. The monoisotopic (exact) mass is 277 g/mol. The fourth-order valence-electron chi connectivity index (χ4n) is 5.43. The van der Waals surface area contributed by atoms with E-state index in [4.69, 9.17) is 0 Å². The van der Waals surface area contributed by atoms with E-state index in [1.54, 1.807) is 0 Å². The Hall–Kier alpha value is -0.120. The minimum atomic E-state index is 0.812. The average molecular weight is 277 g/mol. The predicted octanol–water partition coefficient (Wildman–Crippen LogP) is 2.08. The van der Waals surface area contributed by atoms with Crippen LogP contribution < -0.4 is 5.32 Å². The van der Waals surface area contributed by atoms with Crippen LogP contribution >= 0.6 is 0 Å². The highest BCUT2D eigenvalue weighted by Crippen LogP contribution is 2.37. The third kappa shape index (κ3) is 2.53. The summed E-state index contributed by atoms with van der Waals surface area (Å²) in [6.07, 6.45) is 11.5. The summed E-state index contributed by atoms with van der Waals surface area (Å²) in [6, 6.07) is 3.52. The first-order chi connectivity index (χ1) is 9.79. The van der Waals surface area contributed by atoms with Gasteiger partial charge in [0.1, 0.15) is 0 Å². The van der Waals surface area contributed by atoms with Gasteiger partial charge in [-0.2, -0.15) is 0 Å². The van der Waals surface area contributed by atoms with Gasteiger partial charge in [0.25, 0.3) is 0 Å². The lowest BCUT2D eigenvalue weighted by molar-refractivity contribution is 0.122. The van der Waals surface area contributed by atoms with E-state index in [2.05, 4.69) is 22.2 Å². The van der Waals surface area contributed by atoms with E-state index in [0.717, 1.165) is 30.1 Å². The molecule has 4 saturated heterocycles. The molecule has 4 unspecified atom stereocenters. The molecule has 4 heterocycles. The maximum Gasteiger partial charge on any atom is 0.0111 e. The van der Waals surface area contributed by atoms with Crippen molar-refractivity contribution < 1.29 is 0 Å². The van der Waals surface area contributed by atoms with Gasteiger partial charge in [-0.1, -0.05) is 0 Å². The Morgan fingerprint density at radius 3 is 2.50 bits per heavy atom. The van der Waals surface area contributed by atoms with Gasteiger partial charge in [-0.05, 0) is 84.0 Å². The quantitative estimate of drug-likeness (QED) is 0.852. The van der Waals surface area contributed by atoms with Crippen LogP contribution in [0.15, 0.2) is 0 Å². The van der Waals surface area contributed by atoms with Gasteiger partial charge in [-0.15, -0.1) is 0 Å². The molecule has 0 saturated carbocycles. The molecule has 0 spiro atoms. The van der Waals surface area contributed by atoms with Crippen molar-refractivity contribution in [2.75, 3.05) is 26.7 Å². The van der Waals surface area contributed by atoms with Crippen molar-refractivity contribution in [1.82, 2.24) is 15.1 Å². The van der Waals surface area contributed by atoms with Crippen LogP contribution in [-0.2, 0) is 0 Å². The van der Waals surface area contributed by atoms with Crippen molar-refractivity contribution in [2.45, 2.75) is 75.5 Å². The molecular weight excluding hydrogens is 246 g/mol. The SMILES string of the molecule is CN1C2CCC1CC(CNC1CCN3CCCC3C1)C2. The zero-order valence-electron chi connectivity index (χ0n) is 13.1. The van der Waals surface area contributed by atoms with E-state index in [9.17, 15) is 0 Å². The number of hydrogen-bond donors (Lipinski definition) is 1. The molecule has 4 aliphatic rings. The first-order valence-electron chi connectivity index (χ1n) is 8.99. The summed E-state index contributed by atoms with van der Waals surface area (Å²) < 4.78 is 0. The first kappa shape index (κ1) is 13.5. The van der Waals surface area contributed by atoms with Crippen LogP contribution in [-0.4, -0.2) is 60.6 Å². The molecule has 20 heavy (non-hydrogen) atoms. The topological polar surface area (TPSA) is 18.5 Å². The van der Waals surface area contributed by atoms with E-state index >= 15 is 0 Å². The molecule has 4 aliphatic heterocycles. The van der Waals surface area contributed by atoms with Crippen molar-refractivity contribution >= 4 is 0 Å². The highest BCUT2D eigenvalue weighted by atomic mass is 15.2. The molecule has 2 bridgehead atoms. The van der Waals surface area contributed by atoms with Crippen molar-refractivity contribution in [3.05, 3.63) is 0 Å². The van der Waals surface area contributed by atoms with E-state index in [0.29, 0.717) is 0 Å². The van der Waals surface area contributed by atoms with Crippen LogP contribution in [0.1, 0.15) is 51.4 Å². The van der Waals surface area contributed by atoms with Crippen LogP contribution in [0.5, 0.6) is 0 Å². The largest absolute Gasteiger partial charge is 0.314 e. The molecule has 0 radical (unpaired) electrons. The van der Waals surface area contributed by atoms with Gasteiger partial charge < -0.3 is 15.1 Å². The zero-order chi connectivity index (χ0) is 13.5. The Bertz CT molecular complexity index is 331. The summed E-state index contributed by atoms with van der Waals surface area (Å²) in [5.41, 5.74) is 0. The molecule has 1 N–H and O–H groups in total. The van der Waals surface area contributed by atoms with Gasteiger partial charge in [0.05, 0.1) is 0 Å². The van der Waals surface area contributed by atoms with Crippen molar-refractivity contribution in [3.63, 3.8) is 0 Å². The fourth-order valence-corrected chi connectivity index (χ4v) is 5.43. The molecule has 114 valence electrons. The van der Waals surface area contributed by atoms with Crippen molar-refractivity contribution in [1.29, 1.82) is 0 Å². The smallest absolute Gasteiger partial charge is 0.0111 e. The normalized spacial score (nSPS) is 45.8. The van der Waals surface area contributed by atoms with Crippen LogP contribution in [0.3, 0.4) is 0 Å². The lowest BCUT2D eigenvalue weighted by Gasteiger charge is -2.39. The van der Waals surface area contributed by atoms with E-state index in [1.807, 2.05) is 0 Å². The Balaban J connectivity index is 1.25. The van der Waals surface area contributed by atoms with Crippen LogP contribution in [0.4, 0.5) is 0 Å². The number of rotatable bonds is 3. The third-order valence-corrected chi connectivity index (χ3v) is 6.71. The van der Waals surface area contributed by atoms with Crippen molar-refractivity contribution in [2.24, 2.45) is 5.92 Å². The fraction of sp³-hybridized carbons (Fsp3) is 1.00. The molecule has 0 aromatic heterocycles. The Morgan fingerprint density at radius 1 is 0.900 bits per heavy atom. The summed E-state index contributed by atoms with van der Waals surface area (Å²) >= 11 is 0. The van der Waals surface area contributed by atoms with Crippen LogP contribution in [0.25, 0.3) is 0 Å². The molecule has 3 nitrogen and oxygen atoms in total. The average Bonchev–Trinajstić information content (AvgIpc) is 2.98. The standard InChI is InChI=1S/C17H31N3/c1-19-15-4-5-16(19)10-13(9-15)12-18-14-6-8-20-7-2-3-17(20)11-14/h13-18H,2-12H2,1H3. The highest BCUT2D eigenvalue weighted by molar-refractivity contribution is 4.95. The molecule has 0 aromatic carbocycles. The lowest BCUT2D eigenvalue weighted by atomic mass is 9.90. The minimum Gasteiger partial charge on any atom is -0.314 e. The highest BCUT2D eigenvalue weighted by Gasteiger charge is 2.38. The molecular formula is C17H31N3. The summed E-state index contributed by atoms with van der Waals surface area (Å²) in [7, 11) is 2.35. The lowest BCUT2D eigenvalue weighted by Crippen LogP contribution is -2.48. The molecule has 0 aromatic rings. The second-order valence-electron chi connectivity index (χ2n) is 7.85. The van der Waals surface area contributed by atoms with Crippen molar-refractivity contribution in [3.8, 4) is 0 Å². The molecule has 0 amide bonds. The van der Waals surface area contributed by atoms with Gasteiger partial charge in [0.2, 0.25) is 0 Å². The predicted molar refractivity (Wildman–Crippen MR) is 82.9 cm³/mol.